The zero-order valence-corrected chi connectivity index (χ0v) is 13.3. The molecule has 0 aromatic carbocycles. The van der Waals surface area contributed by atoms with Crippen LogP contribution in [0.1, 0.15) is 50.8 Å². The van der Waals surface area contributed by atoms with E-state index < -0.39 is 0 Å². The Morgan fingerprint density at radius 1 is 1.33 bits per heavy atom. The molecule has 1 aliphatic carbocycles. The molecule has 1 fully saturated rings. The number of aryl methyl sites for hydroxylation is 1. The fourth-order valence-corrected chi connectivity index (χ4v) is 2.91. The molecular weight excluding hydrogens is 264 g/mol. The van der Waals surface area contributed by atoms with Crippen molar-refractivity contribution in [3.05, 3.63) is 12.2 Å². The molecule has 6 nitrogen and oxygen atoms in total. The molecule has 1 aromatic rings. The van der Waals surface area contributed by atoms with Gasteiger partial charge < -0.3 is 15.2 Å². The first-order valence-corrected chi connectivity index (χ1v) is 8.07. The fourth-order valence-electron chi connectivity index (χ4n) is 2.91. The zero-order chi connectivity index (χ0) is 14.9. The van der Waals surface area contributed by atoms with Crippen molar-refractivity contribution < 1.29 is 0 Å². The van der Waals surface area contributed by atoms with Crippen LogP contribution >= 0.6 is 0 Å². The molecule has 1 aliphatic rings. The van der Waals surface area contributed by atoms with Crippen molar-refractivity contribution in [2.45, 2.75) is 51.5 Å². The summed E-state index contributed by atoms with van der Waals surface area (Å²) >= 11 is 0. The normalized spacial score (nSPS) is 16.4. The molecule has 6 heteroatoms. The van der Waals surface area contributed by atoms with E-state index in [4.69, 9.17) is 0 Å². The smallest absolute Gasteiger partial charge is 0.191 e. The average Bonchev–Trinajstić information content (AvgIpc) is 3.14. The highest BCUT2D eigenvalue weighted by molar-refractivity contribution is 5.79. The predicted octanol–water partition coefficient (Wildman–Crippen LogP) is 1.84. The van der Waals surface area contributed by atoms with Gasteiger partial charge in [-0.15, -0.1) is 10.2 Å². The van der Waals surface area contributed by atoms with Crippen molar-refractivity contribution in [3.8, 4) is 0 Å². The molecule has 0 aliphatic heterocycles. The van der Waals surface area contributed by atoms with Crippen molar-refractivity contribution in [2.75, 3.05) is 13.6 Å². The summed E-state index contributed by atoms with van der Waals surface area (Å²) in [6.45, 7) is 1.61. The molecule has 0 unspecified atom stereocenters. The van der Waals surface area contributed by atoms with Crippen molar-refractivity contribution in [2.24, 2.45) is 18.0 Å². The molecule has 1 saturated carbocycles. The largest absolute Gasteiger partial charge is 0.356 e. The molecule has 0 saturated heterocycles. The molecule has 21 heavy (non-hydrogen) atoms. The highest BCUT2D eigenvalue weighted by Crippen LogP contribution is 2.28. The highest BCUT2D eigenvalue weighted by atomic mass is 15.3. The van der Waals surface area contributed by atoms with E-state index in [-0.39, 0.29) is 0 Å². The fraction of sp³-hybridized carbons (Fsp3) is 0.800. The molecule has 2 N–H and O–H groups in total. The summed E-state index contributed by atoms with van der Waals surface area (Å²) in [5.41, 5.74) is 0. The van der Waals surface area contributed by atoms with Gasteiger partial charge in [-0.1, -0.05) is 38.5 Å². The van der Waals surface area contributed by atoms with E-state index in [0.717, 1.165) is 24.2 Å². The number of hydrogen-bond acceptors (Lipinski definition) is 3. The van der Waals surface area contributed by atoms with E-state index in [2.05, 4.69) is 25.8 Å². The Kier molecular flexibility index (Phi) is 6.50. The van der Waals surface area contributed by atoms with Crippen molar-refractivity contribution >= 4 is 5.96 Å². The maximum atomic E-state index is 4.23. The zero-order valence-electron chi connectivity index (χ0n) is 13.3. The lowest BCUT2D eigenvalue weighted by molar-refractivity contribution is 0.472. The molecule has 0 atom stereocenters. The summed E-state index contributed by atoms with van der Waals surface area (Å²) in [5, 5.41) is 14.5. The molecule has 0 bridgehead atoms. The monoisotopic (exact) mass is 292 g/mol. The predicted molar refractivity (Wildman–Crippen MR) is 85.0 cm³/mol. The average molecular weight is 292 g/mol. The number of aliphatic imine (C=N–C) groups is 1. The van der Waals surface area contributed by atoms with Crippen LogP contribution in [0.2, 0.25) is 0 Å². The minimum absolute atomic E-state index is 0.637. The van der Waals surface area contributed by atoms with E-state index in [0.29, 0.717) is 6.54 Å². The second kappa shape index (κ2) is 8.64. The second-order valence-electron chi connectivity index (χ2n) is 5.86. The first-order chi connectivity index (χ1) is 10.3. The third kappa shape index (κ3) is 5.36. The van der Waals surface area contributed by atoms with Crippen LogP contribution in [0.3, 0.4) is 0 Å². The van der Waals surface area contributed by atoms with Crippen LogP contribution in [0.5, 0.6) is 0 Å². The van der Waals surface area contributed by atoms with Gasteiger partial charge in [0.1, 0.15) is 6.33 Å². The van der Waals surface area contributed by atoms with Crippen LogP contribution in [-0.4, -0.2) is 34.3 Å². The molecule has 0 amide bonds. The van der Waals surface area contributed by atoms with Gasteiger partial charge in [0.05, 0.1) is 6.54 Å². The molecular formula is C15H28N6. The second-order valence-corrected chi connectivity index (χ2v) is 5.86. The third-order valence-electron chi connectivity index (χ3n) is 4.25. The summed E-state index contributed by atoms with van der Waals surface area (Å²) in [6, 6.07) is 0. The van der Waals surface area contributed by atoms with E-state index >= 15 is 0 Å². The van der Waals surface area contributed by atoms with Crippen LogP contribution in [0.15, 0.2) is 11.3 Å². The summed E-state index contributed by atoms with van der Waals surface area (Å²) in [5.74, 6) is 2.73. The van der Waals surface area contributed by atoms with E-state index in [9.17, 15) is 0 Å². The Morgan fingerprint density at radius 3 is 2.81 bits per heavy atom. The number of hydrogen-bond donors (Lipinski definition) is 2. The first-order valence-electron chi connectivity index (χ1n) is 8.07. The van der Waals surface area contributed by atoms with Crippen LogP contribution in [0.4, 0.5) is 0 Å². The lowest BCUT2D eigenvalue weighted by Crippen LogP contribution is -2.37. The van der Waals surface area contributed by atoms with Crippen LogP contribution in [-0.2, 0) is 13.6 Å². The topological polar surface area (TPSA) is 67.1 Å². The quantitative estimate of drug-likeness (QED) is 0.457. The highest BCUT2D eigenvalue weighted by Gasteiger charge is 2.13. The van der Waals surface area contributed by atoms with Crippen molar-refractivity contribution in [1.82, 2.24) is 25.4 Å². The molecule has 1 heterocycles. The number of rotatable bonds is 7. The molecule has 2 rings (SSSR count). The summed E-state index contributed by atoms with van der Waals surface area (Å²) in [7, 11) is 3.74. The van der Waals surface area contributed by atoms with Crippen LogP contribution in [0, 0.1) is 5.92 Å². The van der Waals surface area contributed by atoms with E-state index in [1.54, 1.807) is 13.4 Å². The van der Waals surface area contributed by atoms with Gasteiger partial charge >= 0.3 is 0 Å². The third-order valence-corrected chi connectivity index (χ3v) is 4.25. The van der Waals surface area contributed by atoms with Gasteiger partial charge in [0.25, 0.3) is 0 Å². The number of aromatic nitrogens is 3. The first kappa shape index (κ1) is 15.8. The van der Waals surface area contributed by atoms with Gasteiger partial charge in [-0.2, -0.15) is 0 Å². The number of guanidine groups is 1. The van der Waals surface area contributed by atoms with Crippen LogP contribution in [0.25, 0.3) is 0 Å². The van der Waals surface area contributed by atoms with Gasteiger partial charge in [0.2, 0.25) is 0 Å². The molecule has 118 valence electrons. The maximum absolute atomic E-state index is 4.23. The van der Waals surface area contributed by atoms with Crippen molar-refractivity contribution in [3.63, 3.8) is 0 Å². The summed E-state index contributed by atoms with van der Waals surface area (Å²) in [4.78, 5) is 4.23. The van der Waals surface area contributed by atoms with Gasteiger partial charge in [-0.05, 0) is 12.3 Å². The Labute approximate surface area is 127 Å². The summed E-state index contributed by atoms with van der Waals surface area (Å²) < 4.78 is 1.90. The van der Waals surface area contributed by atoms with Crippen LogP contribution < -0.4 is 10.6 Å². The standard InChI is InChI=1S/C15H28N6/c1-16-15(18-11-14-20-19-12-21(14)2)17-10-6-5-9-13-7-3-4-8-13/h12-13H,3-11H2,1-2H3,(H2,16,17,18). The molecule has 0 spiro atoms. The summed E-state index contributed by atoms with van der Waals surface area (Å²) in [6.07, 6.45) is 11.4. The van der Waals surface area contributed by atoms with Gasteiger partial charge in [0, 0.05) is 20.6 Å². The minimum Gasteiger partial charge on any atom is -0.356 e. The van der Waals surface area contributed by atoms with E-state index in [1.807, 2.05) is 11.6 Å². The SMILES string of the molecule is CN=C(NCCCCC1CCCC1)NCc1nncn1C. The molecule has 0 radical (unpaired) electrons. The number of nitrogens with one attached hydrogen (secondary N) is 2. The lowest BCUT2D eigenvalue weighted by atomic mass is 10.0. The van der Waals surface area contributed by atoms with Gasteiger partial charge in [-0.3, -0.25) is 4.99 Å². The maximum Gasteiger partial charge on any atom is 0.191 e. The Hall–Kier alpha value is -1.59. The number of nitrogens with zero attached hydrogens (tertiary/aromatic N) is 4. The van der Waals surface area contributed by atoms with Crippen molar-refractivity contribution in [1.29, 1.82) is 0 Å². The number of unbranched alkanes of at least 4 members (excludes halogenated alkanes) is 1. The van der Waals surface area contributed by atoms with E-state index in [1.165, 1.54) is 44.9 Å². The Morgan fingerprint density at radius 2 is 2.14 bits per heavy atom. The van der Waals surface area contributed by atoms with Gasteiger partial charge in [-0.25, -0.2) is 0 Å². The van der Waals surface area contributed by atoms with Gasteiger partial charge in [0.15, 0.2) is 11.8 Å². The molecule has 1 aromatic heterocycles. The Bertz CT molecular complexity index is 433. The lowest BCUT2D eigenvalue weighted by Gasteiger charge is -2.12. The minimum atomic E-state index is 0.637. The Balaban J connectivity index is 1.56.